The van der Waals surface area contributed by atoms with Crippen LogP contribution in [0.1, 0.15) is 12.8 Å². The number of thiol groups is 1. The minimum Gasteiger partial charge on any atom is -0.316 e. The van der Waals surface area contributed by atoms with Crippen LogP contribution in [0, 0.1) is 17.8 Å². The van der Waals surface area contributed by atoms with Crippen LogP contribution in [0.4, 0.5) is 0 Å². The lowest BCUT2D eigenvalue weighted by atomic mass is 10.0. The minimum absolute atomic E-state index is 0.931. The summed E-state index contributed by atoms with van der Waals surface area (Å²) in [5, 5.41) is 3.44. The SMILES string of the molecule is SCC1CC2CNCC2C1. The predicted octanol–water partition coefficient (Wildman–Crippen LogP) is 1.16. The summed E-state index contributed by atoms with van der Waals surface area (Å²) in [5.41, 5.74) is 0. The molecule has 0 radical (unpaired) electrons. The Morgan fingerprint density at radius 3 is 2.30 bits per heavy atom. The number of hydrogen-bond acceptors (Lipinski definition) is 2. The average Bonchev–Trinajstić information content (AvgIpc) is 2.42. The number of hydrogen-bond donors (Lipinski definition) is 2. The topological polar surface area (TPSA) is 12.0 Å². The fourth-order valence-corrected chi connectivity index (χ4v) is 2.74. The molecule has 1 N–H and O–H groups in total. The van der Waals surface area contributed by atoms with Crippen LogP contribution in [0.3, 0.4) is 0 Å². The maximum absolute atomic E-state index is 4.34. The van der Waals surface area contributed by atoms with Gasteiger partial charge < -0.3 is 5.32 Å². The molecule has 2 fully saturated rings. The van der Waals surface area contributed by atoms with Gasteiger partial charge in [-0.2, -0.15) is 12.6 Å². The summed E-state index contributed by atoms with van der Waals surface area (Å²) in [5.74, 6) is 4.03. The molecule has 10 heavy (non-hydrogen) atoms. The molecule has 1 nitrogen and oxygen atoms in total. The van der Waals surface area contributed by atoms with Gasteiger partial charge >= 0.3 is 0 Å². The summed E-state index contributed by atoms with van der Waals surface area (Å²) >= 11 is 4.34. The summed E-state index contributed by atoms with van der Waals surface area (Å²) in [7, 11) is 0. The first kappa shape index (κ1) is 6.99. The van der Waals surface area contributed by atoms with Gasteiger partial charge in [-0.15, -0.1) is 0 Å². The van der Waals surface area contributed by atoms with E-state index < -0.39 is 0 Å². The highest BCUT2D eigenvalue weighted by Crippen LogP contribution is 2.38. The van der Waals surface area contributed by atoms with E-state index in [9.17, 15) is 0 Å². The molecular weight excluding hydrogens is 142 g/mol. The zero-order chi connectivity index (χ0) is 6.97. The summed E-state index contributed by atoms with van der Waals surface area (Å²) in [6, 6.07) is 0. The van der Waals surface area contributed by atoms with Gasteiger partial charge in [0.25, 0.3) is 0 Å². The van der Waals surface area contributed by atoms with E-state index in [1.165, 1.54) is 25.9 Å². The molecule has 0 bridgehead atoms. The van der Waals surface area contributed by atoms with E-state index in [0.29, 0.717) is 0 Å². The van der Waals surface area contributed by atoms with E-state index in [0.717, 1.165) is 23.5 Å². The Labute approximate surface area is 68.0 Å². The van der Waals surface area contributed by atoms with Crippen molar-refractivity contribution in [3.63, 3.8) is 0 Å². The molecule has 0 aromatic heterocycles. The van der Waals surface area contributed by atoms with Crippen molar-refractivity contribution >= 4 is 12.6 Å². The van der Waals surface area contributed by atoms with Crippen molar-refractivity contribution in [1.82, 2.24) is 5.32 Å². The van der Waals surface area contributed by atoms with Crippen LogP contribution in [-0.4, -0.2) is 18.8 Å². The highest BCUT2D eigenvalue weighted by atomic mass is 32.1. The van der Waals surface area contributed by atoms with Crippen molar-refractivity contribution in [3.05, 3.63) is 0 Å². The van der Waals surface area contributed by atoms with Crippen LogP contribution < -0.4 is 5.32 Å². The predicted molar refractivity (Wildman–Crippen MR) is 46.4 cm³/mol. The number of rotatable bonds is 1. The first-order valence-corrected chi connectivity index (χ1v) is 4.85. The molecule has 1 aliphatic heterocycles. The average molecular weight is 157 g/mol. The zero-order valence-corrected chi connectivity index (χ0v) is 7.11. The lowest BCUT2D eigenvalue weighted by molar-refractivity contribution is 0.494. The molecule has 0 aromatic carbocycles. The Kier molecular flexibility index (Phi) is 1.92. The molecule has 0 amide bonds. The van der Waals surface area contributed by atoms with Gasteiger partial charge in [0.2, 0.25) is 0 Å². The van der Waals surface area contributed by atoms with E-state index in [4.69, 9.17) is 0 Å². The van der Waals surface area contributed by atoms with E-state index in [-0.39, 0.29) is 0 Å². The maximum Gasteiger partial charge on any atom is -0.00172 e. The molecule has 2 heteroatoms. The van der Waals surface area contributed by atoms with Crippen LogP contribution in [0.25, 0.3) is 0 Å². The second kappa shape index (κ2) is 2.74. The quantitative estimate of drug-likeness (QED) is 0.544. The second-order valence-electron chi connectivity index (χ2n) is 3.70. The summed E-state index contributed by atoms with van der Waals surface area (Å²) in [4.78, 5) is 0. The van der Waals surface area contributed by atoms with E-state index >= 15 is 0 Å². The molecule has 1 saturated heterocycles. The van der Waals surface area contributed by atoms with Crippen molar-refractivity contribution < 1.29 is 0 Å². The third kappa shape index (κ3) is 1.08. The largest absolute Gasteiger partial charge is 0.316 e. The van der Waals surface area contributed by atoms with Gasteiger partial charge in [-0.3, -0.25) is 0 Å². The van der Waals surface area contributed by atoms with Crippen LogP contribution in [-0.2, 0) is 0 Å². The molecule has 1 heterocycles. The fourth-order valence-electron chi connectivity index (χ4n) is 2.44. The summed E-state index contributed by atoms with van der Waals surface area (Å²) in [6.45, 7) is 2.55. The smallest absolute Gasteiger partial charge is 0.00172 e. The number of nitrogens with one attached hydrogen (secondary N) is 1. The third-order valence-electron chi connectivity index (χ3n) is 3.01. The van der Waals surface area contributed by atoms with Gasteiger partial charge in [0.05, 0.1) is 0 Å². The molecule has 1 saturated carbocycles. The molecule has 0 spiro atoms. The molecule has 2 unspecified atom stereocenters. The molecule has 2 atom stereocenters. The first-order valence-electron chi connectivity index (χ1n) is 4.21. The van der Waals surface area contributed by atoms with E-state index in [1.807, 2.05) is 0 Å². The van der Waals surface area contributed by atoms with Crippen molar-refractivity contribution in [1.29, 1.82) is 0 Å². The molecule has 2 aliphatic rings. The normalized spacial score (nSPS) is 45.9. The van der Waals surface area contributed by atoms with Crippen molar-refractivity contribution in [2.45, 2.75) is 12.8 Å². The summed E-state index contributed by atoms with van der Waals surface area (Å²) in [6.07, 6.45) is 2.86. The van der Waals surface area contributed by atoms with Crippen molar-refractivity contribution in [2.24, 2.45) is 17.8 Å². The molecule has 2 rings (SSSR count). The van der Waals surface area contributed by atoms with E-state index in [2.05, 4.69) is 17.9 Å². The lowest BCUT2D eigenvalue weighted by Gasteiger charge is -2.05. The Balaban J connectivity index is 1.94. The Morgan fingerprint density at radius 2 is 1.80 bits per heavy atom. The highest BCUT2D eigenvalue weighted by Gasteiger charge is 2.36. The third-order valence-corrected chi connectivity index (χ3v) is 3.53. The monoisotopic (exact) mass is 157 g/mol. The molecule has 58 valence electrons. The Hall–Kier alpha value is 0.310. The van der Waals surface area contributed by atoms with E-state index in [1.54, 1.807) is 0 Å². The van der Waals surface area contributed by atoms with Gasteiger partial charge in [-0.1, -0.05) is 0 Å². The molecule has 1 aliphatic carbocycles. The van der Waals surface area contributed by atoms with Crippen LogP contribution in [0.15, 0.2) is 0 Å². The van der Waals surface area contributed by atoms with Crippen LogP contribution in [0.5, 0.6) is 0 Å². The molecule has 0 aromatic rings. The van der Waals surface area contributed by atoms with Crippen LogP contribution in [0.2, 0.25) is 0 Å². The summed E-state index contributed by atoms with van der Waals surface area (Å²) < 4.78 is 0. The Bertz CT molecular complexity index is 114. The molecular formula is C8H15NS. The van der Waals surface area contributed by atoms with Gasteiger partial charge in [-0.25, -0.2) is 0 Å². The first-order chi connectivity index (χ1) is 4.90. The van der Waals surface area contributed by atoms with Crippen molar-refractivity contribution in [3.8, 4) is 0 Å². The maximum atomic E-state index is 4.34. The van der Waals surface area contributed by atoms with Crippen molar-refractivity contribution in [2.75, 3.05) is 18.8 Å². The second-order valence-corrected chi connectivity index (χ2v) is 4.06. The van der Waals surface area contributed by atoms with Gasteiger partial charge in [0.15, 0.2) is 0 Å². The standard InChI is InChI=1S/C8H15NS/c10-5-6-1-7-3-9-4-8(7)2-6/h6-10H,1-5H2. The zero-order valence-electron chi connectivity index (χ0n) is 6.21. The number of fused-ring (bicyclic) bond motifs is 1. The van der Waals surface area contributed by atoms with Gasteiger partial charge in [0, 0.05) is 0 Å². The minimum atomic E-state index is 0.931. The lowest BCUT2D eigenvalue weighted by Crippen LogP contribution is -2.12. The highest BCUT2D eigenvalue weighted by molar-refractivity contribution is 7.80. The van der Waals surface area contributed by atoms with Crippen LogP contribution >= 0.6 is 12.6 Å². The van der Waals surface area contributed by atoms with Gasteiger partial charge in [-0.05, 0) is 49.4 Å². The Morgan fingerprint density at radius 1 is 1.20 bits per heavy atom. The van der Waals surface area contributed by atoms with Gasteiger partial charge in [0.1, 0.15) is 0 Å². The fraction of sp³-hybridized carbons (Fsp3) is 1.00.